The summed E-state index contributed by atoms with van der Waals surface area (Å²) in [4.78, 5) is 0. The van der Waals surface area contributed by atoms with Crippen LogP contribution in [-0.4, -0.2) is 5.11 Å². The molecule has 1 aromatic carbocycles. The molecule has 15 heavy (non-hydrogen) atoms. The second-order valence-electron chi connectivity index (χ2n) is 4.20. The van der Waals surface area contributed by atoms with Gasteiger partial charge in [0, 0.05) is 0 Å². The van der Waals surface area contributed by atoms with Gasteiger partial charge in [-0.1, -0.05) is 44.2 Å². The summed E-state index contributed by atoms with van der Waals surface area (Å²) >= 11 is 0. The zero-order chi connectivity index (χ0) is 11.3. The van der Waals surface area contributed by atoms with Gasteiger partial charge in [0.25, 0.3) is 0 Å². The van der Waals surface area contributed by atoms with E-state index < -0.39 is 0 Å². The monoisotopic (exact) mass is 204 g/mol. The van der Waals surface area contributed by atoms with E-state index in [1.165, 1.54) is 5.56 Å². The molecule has 1 N–H and O–H groups in total. The first-order valence-electron chi connectivity index (χ1n) is 5.54. The SMILES string of the molecule is C=CCCC(O)c1ccc(C(C)C)cc1. The van der Waals surface area contributed by atoms with E-state index in [2.05, 4.69) is 32.6 Å². The Bertz CT molecular complexity index is 298. The molecule has 0 aliphatic heterocycles. The van der Waals surface area contributed by atoms with E-state index in [-0.39, 0.29) is 6.10 Å². The molecule has 0 radical (unpaired) electrons. The average Bonchev–Trinajstić information content (AvgIpc) is 2.26. The lowest BCUT2D eigenvalue weighted by Gasteiger charge is -2.11. The third kappa shape index (κ3) is 3.52. The number of aliphatic hydroxyl groups is 1. The summed E-state index contributed by atoms with van der Waals surface area (Å²) in [6, 6.07) is 8.22. The van der Waals surface area contributed by atoms with Gasteiger partial charge in [-0.25, -0.2) is 0 Å². The smallest absolute Gasteiger partial charge is 0.0793 e. The van der Waals surface area contributed by atoms with Crippen LogP contribution in [0.15, 0.2) is 36.9 Å². The summed E-state index contributed by atoms with van der Waals surface area (Å²) < 4.78 is 0. The predicted octanol–water partition coefficient (Wildman–Crippen LogP) is 3.81. The molecule has 0 saturated carbocycles. The Hall–Kier alpha value is -1.08. The lowest BCUT2D eigenvalue weighted by Crippen LogP contribution is -1.97. The van der Waals surface area contributed by atoms with Gasteiger partial charge in [-0.05, 0) is 29.9 Å². The maximum atomic E-state index is 9.83. The molecule has 0 saturated heterocycles. The van der Waals surface area contributed by atoms with Crippen molar-refractivity contribution in [2.24, 2.45) is 0 Å². The van der Waals surface area contributed by atoms with Gasteiger partial charge < -0.3 is 5.11 Å². The van der Waals surface area contributed by atoms with Crippen molar-refractivity contribution in [1.29, 1.82) is 0 Å². The molecule has 0 amide bonds. The Morgan fingerprint density at radius 2 is 1.73 bits per heavy atom. The number of allylic oxidation sites excluding steroid dienone is 1. The van der Waals surface area contributed by atoms with Gasteiger partial charge in [-0.15, -0.1) is 6.58 Å². The van der Waals surface area contributed by atoms with Crippen molar-refractivity contribution in [3.05, 3.63) is 48.0 Å². The van der Waals surface area contributed by atoms with Crippen molar-refractivity contribution in [2.75, 3.05) is 0 Å². The number of hydrogen-bond donors (Lipinski definition) is 1. The normalized spacial score (nSPS) is 12.8. The highest BCUT2D eigenvalue weighted by molar-refractivity contribution is 5.26. The van der Waals surface area contributed by atoms with Crippen molar-refractivity contribution in [3.8, 4) is 0 Å². The van der Waals surface area contributed by atoms with E-state index in [1.54, 1.807) is 0 Å². The first kappa shape index (κ1) is 12.0. The van der Waals surface area contributed by atoms with E-state index in [0.717, 1.165) is 18.4 Å². The van der Waals surface area contributed by atoms with Crippen LogP contribution in [-0.2, 0) is 0 Å². The van der Waals surface area contributed by atoms with Gasteiger partial charge in [0.05, 0.1) is 6.10 Å². The molecule has 1 rings (SSSR count). The molecule has 1 atom stereocenters. The minimum absolute atomic E-state index is 0.357. The third-order valence-electron chi connectivity index (χ3n) is 2.63. The van der Waals surface area contributed by atoms with Crippen LogP contribution in [0.1, 0.15) is 49.8 Å². The lowest BCUT2D eigenvalue weighted by atomic mass is 9.98. The maximum Gasteiger partial charge on any atom is 0.0793 e. The van der Waals surface area contributed by atoms with E-state index in [1.807, 2.05) is 18.2 Å². The highest BCUT2D eigenvalue weighted by Crippen LogP contribution is 2.21. The molecule has 0 spiro atoms. The van der Waals surface area contributed by atoms with Gasteiger partial charge in [-0.3, -0.25) is 0 Å². The van der Waals surface area contributed by atoms with Crippen molar-refractivity contribution in [2.45, 2.75) is 38.7 Å². The first-order valence-corrected chi connectivity index (χ1v) is 5.54. The molecular formula is C14H20O. The lowest BCUT2D eigenvalue weighted by molar-refractivity contribution is 0.169. The van der Waals surface area contributed by atoms with Crippen LogP contribution >= 0.6 is 0 Å². The Kier molecular flexibility index (Phi) is 4.57. The molecule has 0 aliphatic rings. The molecule has 1 nitrogen and oxygen atoms in total. The minimum atomic E-state index is -0.357. The molecule has 1 aromatic rings. The molecule has 0 fully saturated rings. The van der Waals surface area contributed by atoms with Crippen LogP contribution in [0.5, 0.6) is 0 Å². The number of hydrogen-bond acceptors (Lipinski definition) is 1. The van der Waals surface area contributed by atoms with Gasteiger partial charge in [0.2, 0.25) is 0 Å². The van der Waals surface area contributed by atoms with Crippen molar-refractivity contribution in [3.63, 3.8) is 0 Å². The van der Waals surface area contributed by atoms with Crippen LogP contribution in [0, 0.1) is 0 Å². The van der Waals surface area contributed by atoms with Crippen LogP contribution in [0.4, 0.5) is 0 Å². The zero-order valence-electron chi connectivity index (χ0n) is 9.61. The van der Waals surface area contributed by atoms with E-state index in [0.29, 0.717) is 5.92 Å². The van der Waals surface area contributed by atoms with E-state index in [4.69, 9.17) is 0 Å². The van der Waals surface area contributed by atoms with Gasteiger partial charge in [-0.2, -0.15) is 0 Å². The fraction of sp³-hybridized carbons (Fsp3) is 0.429. The molecule has 0 heterocycles. The summed E-state index contributed by atoms with van der Waals surface area (Å²) in [5.41, 5.74) is 2.32. The van der Waals surface area contributed by atoms with E-state index in [9.17, 15) is 5.11 Å². The summed E-state index contributed by atoms with van der Waals surface area (Å²) in [5, 5.41) is 9.83. The quantitative estimate of drug-likeness (QED) is 0.723. The summed E-state index contributed by atoms with van der Waals surface area (Å²) in [6.07, 6.45) is 3.09. The van der Waals surface area contributed by atoms with Gasteiger partial charge in [0.15, 0.2) is 0 Å². The predicted molar refractivity (Wildman–Crippen MR) is 64.9 cm³/mol. The van der Waals surface area contributed by atoms with Crippen LogP contribution in [0.2, 0.25) is 0 Å². The Balaban J connectivity index is 2.66. The summed E-state index contributed by atoms with van der Waals surface area (Å²) in [7, 11) is 0. The summed E-state index contributed by atoms with van der Waals surface area (Å²) in [6.45, 7) is 7.99. The van der Waals surface area contributed by atoms with Crippen LogP contribution in [0.25, 0.3) is 0 Å². The first-order chi connectivity index (χ1) is 7.15. The highest BCUT2D eigenvalue weighted by Gasteiger charge is 2.06. The second kappa shape index (κ2) is 5.72. The molecule has 82 valence electrons. The van der Waals surface area contributed by atoms with Crippen LogP contribution in [0.3, 0.4) is 0 Å². The number of rotatable bonds is 5. The molecule has 1 heteroatoms. The third-order valence-corrected chi connectivity index (χ3v) is 2.63. The minimum Gasteiger partial charge on any atom is -0.388 e. The van der Waals surface area contributed by atoms with Gasteiger partial charge >= 0.3 is 0 Å². The number of benzene rings is 1. The standard InChI is InChI=1S/C14H20O/c1-4-5-6-14(15)13-9-7-12(8-10-13)11(2)3/h4,7-11,14-15H,1,5-6H2,2-3H3. The Morgan fingerprint density at radius 3 is 2.20 bits per heavy atom. The molecule has 0 bridgehead atoms. The maximum absolute atomic E-state index is 9.83. The van der Waals surface area contributed by atoms with Crippen molar-refractivity contribution in [1.82, 2.24) is 0 Å². The molecule has 1 unspecified atom stereocenters. The van der Waals surface area contributed by atoms with Crippen molar-refractivity contribution < 1.29 is 5.11 Å². The highest BCUT2D eigenvalue weighted by atomic mass is 16.3. The largest absolute Gasteiger partial charge is 0.388 e. The molecule has 0 aliphatic carbocycles. The average molecular weight is 204 g/mol. The summed E-state index contributed by atoms with van der Waals surface area (Å²) in [5.74, 6) is 0.546. The number of aliphatic hydroxyl groups excluding tert-OH is 1. The second-order valence-corrected chi connectivity index (χ2v) is 4.20. The Morgan fingerprint density at radius 1 is 1.20 bits per heavy atom. The van der Waals surface area contributed by atoms with E-state index >= 15 is 0 Å². The van der Waals surface area contributed by atoms with Crippen molar-refractivity contribution >= 4 is 0 Å². The van der Waals surface area contributed by atoms with Crippen LogP contribution < -0.4 is 0 Å². The topological polar surface area (TPSA) is 20.2 Å². The fourth-order valence-electron chi connectivity index (χ4n) is 1.55. The zero-order valence-corrected chi connectivity index (χ0v) is 9.61. The van der Waals surface area contributed by atoms with Gasteiger partial charge in [0.1, 0.15) is 0 Å². The Labute approximate surface area is 92.5 Å². The fourth-order valence-corrected chi connectivity index (χ4v) is 1.55. The molecule has 0 aromatic heterocycles. The molecular weight excluding hydrogens is 184 g/mol.